The minimum Gasteiger partial charge on any atom is -0.744 e. The van der Waals surface area contributed by atoms with Crippen molar-refractivity contribution in [2.24, 2.45) is 0 Å². The zero-order chi connectivity index (χ0) is 37.5. The topological polar surface area (TPSA) is 70.3 Å². The highest BCUT2D eigenvalue weighted by Gasteiger charge is 2.39. The molecule has 6 heteroatoms. The molecule has 0 amide bonds. The Labute approximate surface area is 323 Å². The number of fused-ring (bicyclic) bond motifs is 6. The first-order chi connectivity index (χ1) is 26.4. The lowest BCUT2D eigenvalue weighted by atomic mass is 9.77. The molecule has 0 aliphatic heterocycles. The minimum atomic E-state index is -4.77. The van der Waals surface area contributed by atoms with E-state index in [0.717, 1.165) is 60.3 Å². The molecule has 0 fully saturated rings. The van der Waals surface area contributed by atoms with Crippen LogP contribution in [0.25, 0.3) is 39.3 Å². The summed E-state index contributed by atoms with van der Waals surface area (Å²) in [7, 11) is -3.37. The van der Waals surface area contributed by atoms with Gasteiger partial charge in [-0.15, -0.1) is 0 Å². The Bertz CT molecular complexity index is 2110. The second-order valence-electron chi connectivity index (χ2n) is 15.3. The maximum Gasteiger partial charge on any atom is 0.223 e. The van der Waals surface area contributed by atoms with Crippen molar-refractivity contribution in [1.29, 1.82) is 0 Å². The van der Waals surface area contributed by atoms with Gasteiger partial charge in [-0.05, 0) is 85.0 Å². The van der Waals surface area contributed by atoms with E-state index in [2.05, 4.69) is 84.3 Å². The fourth-order valence-corrected chi connectivity index (χ4v) is 9.60. The van der Waals surface area contributed by atoms with E-state index in [1.54, 1.807) is 6.07 Å². The van der Waals surface area contributed by atoms with Gasteiger partial charge < -0.3 is 9.29 Å². The van der Waals surface area contributed by atoms with E-state index in [4.69, 9.17) is 4.74 Å². The molecule has 0 radical (unpaired) electrons. The number of hydrogen-bond donors (Lipinski definition) is 0. The molecular weight excluding hydrogens is 687 g/mol. The van der Waals surface area contributed by atoms with Crippen LogP contribution in [0.4, 0.5) is 0 Å². The summed E-state index contributed by atoms with van der Waals surface area (Å²) in [5.41, 5.74) is 13.9. The summed E-state index contributed by atoms with van der Waals surface area (Å²) in [5.74, 6) is 0.0711. The van der Waals surface area contributed by atoms with Gasteiger partial charge in [0.1, 0.15) is 15.9 Å². The predicted molar refractivity (Wildman–Crippen MR) is 218 cm³/mol. The minimum absolute atomic E-state index is 0.0711. The fourth-order valence-electron chi connectivity index (χ4n) is 8.93. The van der Waals surface area contributed by atoms with Gasteiger partial charge in [-0.25, -0.2) is 8.42 Å². The summed E-state index contributed by atoms with van der Waals surface area (Å²) < 4.78 is 45.4. The standard InChI is InChI=1S/C48H55NO4S/c1-3-4-5-6-7-8-9-10-11-12-13-14-19-35-24-29-39(30-25-35)49-47-40-22-17-15-20-36(40)26-31-42(47)46(38-28-33-44(53-2)45(34-38)54(50,51)52)43-32-27-37-21-16-18-23-41(37)48(43)49/h15-18,20-25,28-30,33-34H,3-14,19,26-27,31-32H2,1-2H3. The lowest BCUT2D eigenvalue weighted by molar-refractivity contribution is -0.573. The molecule has 0 bridgehead atoms. The monoisotopic (exact) mass is 741 g/mol. The molecule has 0 spiro atoms. The smallest absolute Gasteiger partial charge is 0.223 e. The first kappa shape index (κ1) is 38.0. The van der Waals surface area contributed by atoms with Crippen molar-refractivity contribution in [2.45, 2.75) is 121 Å². The van der Waals surface area contributed by atoms with E-state index in [9.17, 15) is 13.0 Å². The summed E-state index contributed by atoms with van der Waals surface area (Å²) in [6.45, 7) is 2.28. The van der Waals surface area contributed by atoms with Crippen LogP contribution in [0.5, 0.6) is 5.75 Å². The van der Waals surface area contributed by atoms with E-state index in [1.165, 1.54) is 129 Å². The second kappa shape index (κ2) is 17.5. The Morgan fingerprint density at radius 3 is 1.67 bits per heavy atom. The summed E-state index contributed by atoms with van der Waals surface area (Å²) in [6.07, 6.45) is 20.7. The number of methoxy groups -OCH3 is 1. The third-order valence-electron chi connectivity index (χ3n) is 11.7. The van der Waals surface area contributed by atoms with Crippen LogP contribution in [-0.2, 0) is 42.2 Å². The summed E-state index contributed by atoms with van der Waals surface area (Å²) in [5, 5.41) is 0. The Morgan fingerprint density at radius 2 is 1.15 bits per heavy atom. The Balaban J connectivity index is 1.23. The molecule has 54 heavy (non-hydrogen) atoms. The molecule has 2 aliphatic carbocycles. The molecule has 1 heterocycles. The van der Waals surface area contributed by atoms with E-state index in [0.29, 0.717) is 0 Å². The largest absolute Gasteiger partial charge is 0.744 e. The molecule has 5 nitrogen and oxygen atoms in total. The van der Waals surface area contributed by atoms with Gasteiger partial charge >= 0.3 is 0 Å². The number of aromatic nitrogens is 1. The normalized spacial score (nSPS) is 13.2. The van der Waals surface area contributed by atoms with Crippen molar-refractivity contribution < 1.29 is 22.3 Å². The Morgan fingerprint density at radius 1 is 0.630 bits per heavy atom. The molecule has 1 aromatic heterocycles. The van der Waals surface area contributed by atoms with E-state index < -0.39 is 10.1 Å². The highest BCUT2D eigenvalue weighted by Crippen LogP contribution is 2.46. The molecule has 282 valence electrons. The average molecular weight is 742 g/mol. The molecule has 0 unspecified atom stereocenters. The van der Waals surface area contributed by atoms with Crippen molar-refractivity contribution in [1.82, 2.24) is 0 Å². The maximum absolute atomic E-state index is 12.5. The summed E-state index contributed by atoms with van der Waals surface area (Å²) in [6, 6.07) is 31.6. The SMILES string of the molecule is CCCCCCCCCCCCCCc1ccc(-[n+]2c3c(c(-c4ccc(OC)c(S(=O)(=O)[O-])c4)c4c2-c2ccccc2CC4)CCc2ccccc2-3)cc1. The molecule has 5 aromatic rings. The zero-order valence-electron chi connectivity index (χ0n) is 32.2. The van der Waals surface area contributed by atoms with Crippen LogP contribution in [0.15, 0.2) is 95.9 Å². The number of nitrogens with zero attached hydrogens (tertiary/aromatic N) is 1. The van der Waals surface area contributed by atoms with E-state index in [1.807, 2.05) is 6.07 Å². The van der Waals surface area contributed by atoms with Crippen LogP contribution >= 0.6 is 0 Å². The van der Waals surface area contributed by atoms with Gasteiger partial charge in [0.05, 0.1) is 23.1 Å². The highest BCUT2D eigenvalue weighted by molar-refractivity contribution is 7.85. The molecule has 0 saturated heterocycles. The van der Waals surface area contributed by atoms with Crippen molar-refractivity contribution in [3.8, 4) is 45.1 Å². The number of benzene rings is 4. The molecule has 2 aliphatic rings. The molecular formula is C48H55NO4S. The molecule has 0 N–H and O–H groups in total. The molecule has 0 atom stereocenters. The quantitative estimate of drug-likeness (QED) is 0.0540. The van der Waals surface area contributed by atoms with Gasteiger partial charge in [-0.3, -0.25) is 0 Å². The number of aryl methyl sites for hydroxylation is 3. The summed E-state index contributed by atoms with van der Waals surface area (Å²) >= 11 is 0. The third kappa shape index (κ3) is 8.21. The second-order valence-corrected chi connectivity index (χ2v) is 16.7. The molecule has 4 aromatic carbocycles. The average Bonchev–Trinajstić information content (AvgIpc) is 3.20. The van der Waals surface area contributed by atoms with E-state index >= 15 is 0 Å². The van der Waals surface area contributed by atoms with Gasteiger partial charge in [-0.1, -0.05) is 132 Å². The number of pyridine rings is 1. The lowest BCUT2D eigenvalue weighted by Crippen LogP contribution is -2.41. The zero-order valence-corrected chi connectivity index (χ0v) is 33.0. The lowest BCUT2D eigenvalue weighted by Gasteiger charge is -2.28. The van der Waals surface area contributed by atoms with Gasteiger partial charge in [0.25, 0.3) is 0 Å². The Hall–Kier alpha value is -4.26. The van der Waals surface area contributed by atoms with E-state index in [-0.39, 0.29) is 10.6 Å². The van der Waals surface area contributed by atoms with Gasteiger partial charge in [0.15, 0.2) is 0 Å². The number of unbranched alkanes of at least 4 members (excludes halogenated alkanes) is 11. The number of hydrogen-bond acceptors (Lipinski definition) is 4. The van der Waals surface area contributed by atoms with Crippen LogP contribution < -0.4 is 9.30 Å². The van der Waals surface area contributed by atoms with Crippen LogP contribution in [0.3, 0.4) is 0 Å². The highest BCUT2D eigenvalue weighted by atomic mass is 32.2. The van der Waals surface area contributed by atoms with Crippen LogP contribution in [-0.4, -0.2) is 20.1 Å². The van der Waals surface area contributed by atoms with Gasteiger partial charge in [0.2, 0.25) is 17.1 Å². The van der Waals surface area contributed by atoms with Gasteiger partial charge in [0, 0.05) is 28.8 Å². The first-order valence-electron chi connectivity index (χ1n) is 20.4. The van der Waals surface area contributed by atoms with Crippen LogP contribution in [0, 0.1) is 0 Å². The van der Waals surface area contributed by atoms with Crippen LogP contribution in [0.2, 0.25) is 0 Å². The molecule has 7 rings (SSSR count). The van der Waals surface area contributed by atoms with Gasteiger partial charge in [-0.2, -0.15) is 4.57 Å². The predicted octanol–water partition coefficient (Wildman–Crippen LogP) is 11.3. The fraction of sp³-hybridized carbons (Fsp3) is 0.396. The molecule has 0 saturated carbocycles. The Kier molecular flexibility index (Phi) is 12.3. The number of ether oxygens (including phenoxy) is 1. The van der Waals surface area contributed by atoms with Crippen molar-refractivity contribution in [3.05, 3.63) is 119 Å². The number of rotatable bonds is 17. The summed E-state index contributed by atoms with van der Waals surface area (Å²) in [4.78, 5) is -0.321. The van der Waals surface area contributed by atoms with Crippen molar-refractivity contribution >= 4 is 10.1 Å². The first-order valence-corrected chi connectivity index (χ1v) is 21.8. The van der Waals surface area contributed by atoms with Crippen LogP contribution in [0.1, 0.15) is 112 Å². The van der Waals surface area contributed by atoms with Crippen molar-refractivity contribution in [3.63, 3.8) is 0 Å². The third-order valence-corrected chi connectivity index (χ3v) is 12.5. The van der Waals surface area contributed by atoms with Crippen molar-refractivity contribution in [2.75, 3.05) is 7.11 Å². The maximum atomic E-state index is 12.5.